The minimum Gasteiger partial charge on any atom is -0.331 e. The number of carbonyl (C=O) groups is 1. The number of carbonyl (C=O) groups excluding carboxylic acids is 1. The fraction of sp³-hybridized carbons (Fsp3) is 0.273. The zero-order valence-electron chi connectivity index (χ0n) is 15.4. The second kappa shape index (κ2) is 8.15. The number of imidazole rings is 1. The van der Waals surface area contributed by atoms with Crippen LogP contribution in [0.2, 0.25) is 5.02 Å². The van der Waals surface area contributed by atoms with Crippen molar-refractivity contribution in [3.8, 4) is 0 Å². The third-order valence-electron chi connectivity index (χ3n) is 4.93. The van der Waals surface area contributed by atoms with E-state index in [4.69, 9.17) is 11.6 Å². The summed E-state index contributed by atoms with van der Waals surface area (Å²) < 4.78 is 15.5. The van der Waals surface area contributed by atoms with Crippen molar-refractivity contribution >= 4 is 17.5 Å². The molecule has 3 aromatic rings. The summed E-state index contributed by atoms with van der Waals surface area (Å²) in [6.07, 6.45) is 5.89. The summed E-state index contributed by atoms with van der Waals surface area (Å²) in [5.41, 5.74) is 1.48. The lowest BCUT2D eigenvalue weighted by Gasteiger charge is -2.23. The molecular formula is C22H21ClFN3O. The molecule has 0 bridgehead atoms. The molecule has 6 heteroatoms. The van der Waals surface area contributed by atoms with Crippen LogP contribution < -0.4 is 0 Å². The fourth-order valence-electron chi connectivity index (χ4n) is 3.24. The molecule has 0 atom stereocenters. The second-order valence-corrected chi connectivity index (χ2v) is 7.67. The number of benzene rings is 2. The van der Waals surface area contributed by atoms with Gasteiger partial charge >= 0.3 is 0 Å². The molecule has 0 unspecified atom stereocenters. The topological polar surface area (TPSA) is 38.1 Å². The molecule has 0 radical (unpaired) electrons. The van der Waals surface area contributed by atoms with E-state index in [1.54, 1.807) is 36.5 Å². The number of amides is 1. The fourth-order valence-corrected chi connectivity index (χ4v) is 3.37. The van der Waals surface area contributed by atoms with Gasteiger partial charge in [-0.15, -0.1) is 0 Å². The number of aromatic nitrogens is 2. The van der Waals surface area contributed by atoms with Crippen LogP contribution in [-0.4, -0.2) is 26.9 Å². The van der Waals surface area contributed by atoms with Crippen LogP contribution in [-0.2, 0) is 13.1 Å². The molecule has 0 N–H and O–H groups in total. The summed E-state index contributed by atoms with van der Waals surface area (Å²) in [7, 11) is 0. The van der Waals surface area contributed by atoms with Gasteiger partial charge in [-0.3, -0.25) is 4.79 Å². The molecule has 144 valence electrons. The Morgan fingerprint density at radius 1 is 1.21 bits per heavy atom. The lowest BCUT2D eigenvalue weighted by molar-refractivity contribution is 0.0729. The van der Waals surface area contributed by atoms with Crippen molar-refractivity contribution in [2.45, 2.75) is 25.9 Å². The van der Waals surface area contributed by atoms with Gasteiger partial charge < -0.3 is 9.47 Å². The molecule has 0 saturated heterocycles. The molecule has 0 aliphatic heterocycles. The van der Waals surface area contributed by atoms with Gasteiger partial charge in [-0.25, -0.2) is 9.37 Å². The van der Waals surface area contributed by atoms with Crippen molar-refractivity contribution in [1.29, 1.82) is 0 Å². The molecule has 1 aromatic heterocycles. The van der Waals surface area contributed by atoms with Crippen molar-refractivity contribution in [2.75, 3.05) is 6.54 Å². The van der Waals surface area contributed by atoms with Crippen molar-refractivity contribution in [3.05, 3.63) is 88.7 Å². The minimum atomic E-state index is -0.257. The summed E-state index contributed by atoms with van der Waals surface area (Å²) in [4.78, 5) is 19.4. The van der Waals surface area contributed by atoms with Crippen LogP contribution in [0.25, 0.3) is 0 Å². The summed E-state index contributed by atoms with van der Waals surface area (Å²) in [5, 5.41) is 0.607. The average molecular weight is 398 g/mol. The van der Waals surface area contributed by atoms with Crippen molar-refractivity contribution in [3.63, 3.8) is 0 Å². The first kappa shape index (κ1) is 18.7. The highest BCUT2D eigenvalue weighted by Crippen LogP contribution is 2.30. The van der Waals surface area contributed by atoms with Gasteiger partial charge in [0, 0.05) is 36.1 Å². The Labute approximate surface area is 168 Å². The zero-order valence-corrected chi connectivity index (χ0v) is 16.1. The van der Waals surface area contributed by atoms with Crippen molar-refractivity contribution in [1.82, 2.24) is 14.5 Å². The van der Waals surface area contributed by atoms with E-state index in [9.17, 15) is 9.18 Å². The van der Waals surface area contributed by atoms with Gasteiger partial charge in [-0.2, -0.15) is 0 Å². The number of hydrogen-bond acceptors (Lipinski definition) is 2. The Morgan fingerprint density at radius 2 is 2.00 bits per heavy atom. The molecule has 2 aromatic carbocycles. The molecule has 1 fully saturated rings. The van der Waals surface area contributed by atoms with Crippen LogP contribution in [0.3, 0.4) is 0 Å². The van der Waals surface area contributed by atoms with Crippen LogP contribution in [0.15, 0.2) is 60.9 Å². The highest BCUT2D eigenvalue weighted by atomic mass is 35.5. The maximum absolute atomic E-state index is 13.5. The van der Waals surface area contributed by atoms with Gasteiger partial charge in [0.1, 0.15) is 11.6 Å². The molecule has 28 heavy (non-hydrogen) atoms. The number of hydrogen-bond donors (Lipinski definition) is 0. The first-order valence-corrected chi connectivity index (χ1v) is 9.75. The van der Waals surface area contributed by atoms with Crippen LogP contribution in [0.5, 0.6) is 0 Å². The predicted molar refractivity (Wildman–Crippen MR) is 107 cm³/mol. The first-order valence-electron chi connectivity index (χ1n) is 9.38. The van der Waals surface area contributed by atoms with Gasteiger partial charge in [0.15, 0.2) is 0 Å². The van der Waals surface area contributed by atoms with Crippen molar-refractivity contribution in [2.24, 2.45) is 5.92 Å². The molecule has 1 amide bonds. The maximum Gasteiger partial charge on any atom is 0.254 e. The lowest BCUT2D eigenvalue weighted by Crippen LogP contribution is -2.33. The monoisotopic (exact) mass is 397 g/mol. The summed E-state index contributed by atoms with van der Waals surface area (Å²) in [5.74, 6) is 1.06. The number of rotatable bonds is 7. The smallest absolute Gasteiger partial charge is 0.254 e. The third-order valence-corrected chi connectivity index (χ3v) is 5.18. The Hall–Kier alpha value is -2.66. The molecular weight excluding hydrogens is 377 g/mol. The minimum absolute atomic E-state index is 0.0242. The normalized spacial score (nSPS) is 13.5. The van der Waals surface area contributed by atoms with Crippen LogP contribution in [0, 0.1) is 11.7 Å². The highest BCUT2D eigenvalue weighted by Gasteiger charge is 2.28. The third kappa shape index (κ3) is 4.60. The molecule has 4 nitrogen and oxygen atoms in total. The molecule has 4 rings (SSSR count). The number of halogens is 2. The largest absolute Gasteiger partial charge is 0.331 e. The summed E-state index contributed by atoms with van der Waals surface area (Å²) >= 11 is 5.95. The van der Waals surface area contributed by atoms with E-state index >= 15 is 0 Å². The van der Waals surface area contributed by atoms with E-state index in [2.05, 4.69) is 4.98 Å². The van der Waals surface area contributed by atoms with E-state index in [0.29, 0.717) is 36.1 Å². The Morgan fingerprint density at radius 3 is 2.71 bits per heavy atom. The van der Waals surface area contributed by atoms with E-state index in [1.807, 2.05) is 21.7 Å². The van der Waals surface area contributed by atoms with Crippen LogP contribution >= 0.6 is 11.6 Å². The highest BCUT2D eigenvalue weighted by molar-refractivity contribution is 6.30. The van der Waals surface area contributed by atoms with Gasteiger partial charge in [0.2, 0.25) is 0 Å². The van der Waals surface area contributed by atoms with E-state index in [0.717, 1.165) is 24.2 Å². The molecule has 1 aliphatic carbocycles. The average Bonchev–Trinajstić information content (AvgIpc) is 3.40. The Kier molecular flexibility index (Phi) is 5.44. The predicted octanol–water partition coefficient (Wildman–Crippen LogP) is 4.78. The van der Waals surface area contributed by atoms with Gasteiger partial charge in [-0.1, -0.05) is 23.7 Å². The maximum atomic E-state index is 13.5. The van der Waals surface area contributed by atoms with E-state index in [1.165, 1.54) is 12.1 Å². The van der Waals surface area contributed by atoms with Gasteiger partial charge in [-0.05, 0) is 60.7 Å². The van der Waals surface area contributed by atoms with Gasteiger partial charge in [0.05, 0.1) is 6.54 Å². The SMILES string of the molecule is O=C(c1ccc(Cl)cc1)N(Cc1nccn1Cc1cccc(F)c1)CC1CC1. The van der Waals surface area contributed by atoms with E-state index in [-0.39, 0.29) is 11.7 Å². The molecule has 1 heterocycles. The Bertz CT molecular complexity index is 966. The Balaban J connectivity index is 1.53. The first-order chi connectivity index (χ1) is 13.6. The number of nitrogens with zero attached hydrogens (tertiary/aromatic N) is 3. The standard InChI is InChI=1S/C22H21ClFN3O/c23-19-8-6-18(7-9-19)22(28)27(13-16-4-5-16)15-21-25-10-11-26(21)14-17-2-1-3-20(24)12-17/h1-3,6-12,16H,4-5,13-15H2. The summed E-state index contributed by atoms with van der Waals surface area (Å²) in [6.45, 7) is 1.65. The molecule has 0 spiro atoms. The summed E-state index contributed by atoms with van der Waals surface area (Å²) in [6, 6.07) is 13.5. The van der Waals surface area contributed by atoms with Crippen molar-refractivity contribution < 1.29 is 9.18 Å². The lowest BCUT2D eigenvalue weighted by atomic mass is 10.2. The van der Waals surface area contributed by atoms with Crippen LogP contribution in [0.4, 0.5) is 4.39 Å². The quantitative estimate of drug-likeness (QED) is 0.575. The molecule has 1 aliphatic rings. The second-order valence-electron chi connectivity index (χ2n) is 7.24. The molecule has 1 saturated carbocycles. The van der Waals surface area contributed by atoms with Gasteiger partial charge in [0.25, 0.3) is 5.91 Å². The zero-order chi connectivity index (χ0) is 19.5. The van der Waals surface area contributed by atoms with Crippen LogP contribution in [0.1, 0.15) is 34.6 Å². The van der Waals surface area contributed by atoms with E-state index < -0.39 is 0 Å².